The zero-order valence-electron chi connectivity index (χ0n) is 13.9. The van der Waals surface area contributed by atoms with Crippen molar-refractivity contribution >= 4 is 11.4 Å². The fraction of sp³-hybridized carbons (Fsp3) is 0.105. The van der Waals surface area contributed by atoms with E-state index in [0.29, 0.717) is 17.3 Å². The summed E-state index contributed by atoms with van der Waals surface area (Å²) in [6.45, 7) is 0. The molecule has 0 aliphatic rings. The first-order chi connectivity index (χ1) is 12.9. The molecule has 0 aliphatic carbocycles. The number of hydrogen-bond acceptors (Lipinski definition) is 4. The van der Waals surface area contributed by atoms with E-state index in [0.717, 1.165) is 12.1 Å². The Morgan fingerprint density at radius 2 is 1.70 bits per heavy atom. The molecule has 0 radical (unpaired) electrons. The van der Waals surface area contributed by atoms with Crippen molar-refractivity contribution in [2.75, 3.05) is 5.32 Å². The summed E-state index contributed by atoms with van der Waals surface area (Å²) in [5, 5.41) is 13.7. The van der Waals surface area contributed by atoms with E-state index in [-0.39, 0.29) is 5.69 Å². The number of pyridine rings is 1. The topological polar surface area (TPSA) is 68.1 Å². The number of nitrogens with one attached hydrogen (secondary N) is 1. The minimum absolute atomic E-state index is 0.257. The molecule has 1 heterocycles. The molecule has 0 saturated heterocycles. The van der Waals surface area contributed by atoms with E-state index in [4.69, 9.17) is 0 Å². The van der Waals surface area contributed by atoms with Crippen molar-refractivity contribution in [3.63, 3.8) is 0 Å². The van der Waals surface area contributed by atoms with Gasteiger partial charge in [-0.25, -0.2) is 0 Å². The first-order valence-corrected chi connectivity index (χ1v) is 7.94. The van der Waals surface area contributed by atoms with E-state index in [9.17, 15) is 23.3 Å². The molecule has 3 rings (SSSR count). The van der Waals surface area contributed by atoms with Gasteiger partial charge in [0.25, 0.3) is 5.69 Å². The minimum atomic E-state index is -4.75. The van der Waals surface area contributed by atoms with Gasteiger partial charge >= 0.3 is 6.18 Å². The normalized spacial score (nSPS) is 12.4. The predicted molar refractivity (Wildman–Crippen MR) is 94.2 cm³/mol. The maximum Gasteiger partial charge on any atom is 0.418 e. The van der Waals surface area contributed by atoms with Gasteiger partial charge in [-0.15, -0.1) is 0 Å². The first kappa shape index (κ1) is 18.4. The average Bonchev–Trinajstić information content (AvgIpc) is 2.66. The largest absolute Gasteiger partial charge is 0.418 e. The van der Waals surface area contributed by atoms with Crippen molar-refractivity contribution in [2.24, 2.45) is 0 Å². The third-order valence-corrected chi connectivity index (χ3v) is 3.94. The van der Waals surface area contributed by atoms with E-state index < -0.39 is 28.4 Å². The lowest BCUT2D eigenvalue weighted by Gasteiger charge is -2.22. The lowest BCUT2D eigenvalue weighted by Crippen LogP contribution is -2.17. The van der Waals surface area contributed by atoms with E-state index in [1.165, 1.54) is 0 Å². The molecule has 1 atom stereocenters. The van der Waals surface area contributed by atoms with E-state index in [2.05, 4.69) is 10.3 Å². The van der Waals surface area contributed by atoms with Gasteiger partial charge in [-0.1, -0.05) is 36.4 Å². The third-order valence-electron chi connectivity index (χ3n) is 3.94. The summed E-state index contributed by atoms with van der Waals surface area (Å²) in [6, 6.07) is 16.0. The Bertz CT molecular complexity index is 892. The molecule has 0 aliphatic heterocycles. The number of hydrogen-bond donors (Lipinski definition) is 1. The highest BCUT2D eigenvalue weighted by molar-refractivity contribution is 5.59. The highest BCUT2D eigenvalue weighted by Crippen LogP contribution is 2.39. The second-order valence-electron chi connectivity index (χ2n) is 5.73. The van der Waals surface area contributed by atoms with Gasteiger partial charge < -0.3 is 5.32 Å². The van der Waals surface area contributed by atoms with Crippen LogP contribution in [0.15, 0.2) is 72.9 Å². The van der Waals surface area contributed by atoms with Crippen LogP contribution in [0.4, 0.5) is 24.5 Å². The number of anilines is 1. The second kappa shape index (κ2) is 7.45. The molecule has 1 unspecified atom stereocenters. The van der Waals surface area contributed by atoms with Gasteiger partial charge in [0.05, 0.1) is 22.2 Å². The molecule has 0 amide bonds. The van der Waals surface area contributed by atoms with Gasteiger partial charge in [-0.2, -0.15) is 13.2 Å². The van der Waals surface area contributed by atoms with Crippen molar-refractivity contribution in [3.05, 3.63) is 99.9 Å². The second-order valence-corrected chi connectivity index (χ2v) is 5.73. The molecule has 8 heteroatoms. The molecular weight excluding hydrogens is 359 g/mol. The van der Waals surface area contributed by atoms with Gasteiger partial charge in [0.2, 0.25) is 0 Å². The molecule has 1 aromatic heterocycles. The predicted octanol–water partition coefficient (Wildman–Crippen LogP) is 5.21. The van der Waals surface area contributed by atoms with Crippen molar-refractivity contribution in [1.82, 2.24) is 4.98 Å². The van der Waals surface area contributed by atoms with Gasteiger partial charge in [-0.05, 0) is 23.8 Å². The smallest absolute Gasteiger partial charge is 0.372 e. The monoisotopic (exact) mass is 373 g/mol. The maximum atomic E-state index is 13.5. The Kier molecular flexibility index (Phi) is 5.07. The van der Waals surface area contributed by atoms with Crippen LogP contribution >= 0.6 is 0 Å². The van der Waals surface area contributed by atoms with Crippen LogP contribution in [0.5, 0.6) is 0 Å². The molecule has 0 fully saturated rings. The zero-order chi connectivity index (χ0) is 19.4. The van der Waals surface area contributed by atoms with E-state index in [1.54, 1.807) is 54.7 Å². The van der Waals surface area contributed by atoms with Crippen LogP contribution < -0.4 is 5.32 Å². The molecular formula is C19H14F3N3O2. The fourth-order valence-corrected chi connectivity index (χ4v) is 2.68. The SMILES string of the molecule is O=[N+]([O-])c1ccc(NC(c2ccccc2)c2ccccn2)c(C(F)(F)F)c1. The van der Waals surface area contributed by atoms with Crippen LogP contribution in [0.1, 0.15) is 22.9 Å². The Hall–Kier alpha value is -3.42. The lowest BCUT2D eigenvalue weighted by molar-refractivity contribution is -0.385. The Labute approximate surface area is 152 Å². The minimum Gasteiger partial charge on any atom is -0.372 e. The summed E-state index contributed by atoms with van der Waals surface area (Å²) in [5.74, 6) is 0. The number of nitro groups is 1. The summed E-state index contributed by atoms with van der Waals surface area (Å²) in [4.78, 5) is 14.2. The Morgan fingerprint density at radius 1 is 1.00 bits per heavy atom. The van der Waals surface area contributed by atoms with Crippen molar-refractivity contribution in [2.45, 2.75) is 12.2 Å². The summed E-state index contributed by atoms with van der Waals surface area (Å²) >= 11 is 0. The van der Waals surface area contributed by atoms with Gasteiger partial charge in [0, 0.05) is 24.0 Å². The zero-order valence-corrected chi connectivity index (χ0v) is 13.9. The van der Waals surface area contributed by atoms with Crippen molar-refractivity contribution < 1.29 is 18.1 Å². The summed E-state index contributed by atoms with van der Waals surface area (Å²) in [7, 11) is 0. The van der Waals surface area contributed by atoms with Gasteiger partial charge in [0.1, 0.15) is 0 Å². The first-order valence-electron chi connectivity index (χ1n) is 7.94. The molecule has 138 valence electrons. The molecule has 0 bridgehead atoms. The summed E-state index contributed by atoms with van der Waals surface area (Å²) < 4.78 is 40.4. The molecule has 1 N–H and O–H groups in total. The lowest BCUT2D eigenvalue weighted by atomic mass is 10.0. The molecule has 0 saturated carbocycles. The highest BCUT2D eigenvalue weighted by atomic mass is 19.4. The average molecular weight is 373 g/mol. The Morgan fingerprint density at radius 3 is 2.30 bits per heavy atom. The number of rotatable bonds is 5. The van der Waals surface area contributed by atoms with Crippen LogP contribution in [0.25, 0.3) is 0 Å². The summed E-state index contributed by atoms with van der Waals surface area (Å²) in [6.07, 6.45) is -3.20. The molecule has 5 nitrogen and oxygen atoms in total. The number of nitro benzene ring substituents is 1. The van der Waals surface area contributed by atoms with Crippen LogP contribution in [-0.2, 0) is 6.18 Å². The third kappa shape index (κ3) is 4.22. The number of aromatic nitrogens is 1. The van der Waals surface area contributed by atoms with Gasteiger partial charge in [0.15, 0.2) is 0 Å². The van der Waals surface area contributed by atoms with Gasteiger partial charge in [-0.3, -0.25) is 15.1 Å². The van der Waals surface area contributed by atoms with Crippen molar-refractivity contribution in [1.29, 1.82) is 0 Å². The molecule has 3 aromatic rings. The quantitative estimate of drug-likeness (QED) is 0.492. The molecule has 0 spiro atoms. The number of nitrogens with zero attached hydrogens (tertiary/aromatic N) is 2. The van der Waals surface area contributed by atoms with Crippen LogP contribution in [-0.4, -0.2) is 9.91 Å². The number of benzene rings is 2. The van der Waals surface area contributed by atoms with Crippen LogP contribution in [0.2, 0.25) is 0 Å². The van der Waals surface area contributed by atoms with E-state index in [1.807, 2.05) is 0 Å². The Balaban J connectivity index is 2.08. The number of non-ortho nitro benzene ring substituents is 1. The number of halogens is 3. The maximum absolute atomic E-state index is 13.5. The fourth-order valence-electron chi connectivity index (χ4n) is 2.68. The highest BCUT2D eigenvalue weighted by Gasteiger charge is 2.36. The van der Waals surface area contributed by atoms with Crippen molar-refractivity contribution in [3.8, 4) is 0 Å². The standard InChI is InChI=1S/C19H14F3N3O2/c20-19(21,22)15-12-14(25(26)27)9-10-16(15)24-18(13-6-2-1-3-7-13)17-8-4-5-11-23-17/h1-12,18,24H. The van der Waals surface area contributed by atoms with E-state index >= 15 is 0 Å². The molecule has 2 aromatic carbocycles. The molecule has 27 heavy (non-hydrogen) atoms. The van der Waals surface area contributed by atoms with Crippen LogP contribution in [0.3, 0.4) is 0 Å². The summed E-state index contributed by atoms with van der Waals surface area (Å²) in [5.41, 5.74) is -0.749. The van der Waals surface area contributed by atoms with Crippen LogP contribution in [0, 0.1) is 10.1 Å². The number of alkyl halides is 3.